The number of carbonyl (C=O) groups excluding carboxylic acids is 3. The molecule has 0 spiro atoms. The molecule has 0 aromatic carbocycles. The zero-order valence-electron chi connectivity index (χ0n) is 21.9. The van der Waals surface area contributed by atoms with Crippen molar-refractivity contribution in [1.29, 1.82) is 0 Å². The Bertz CT molecular complexity index is 1050. The molecule has 3 saturated carbocycles. The fourth-order valence-electron chi connectivity index (χ4n) is 7.84. The summed E-state index contributed by atoms with van der Waals surface area (Å²) in [6.45, 7) is 14.7. The van der Waals surface area contributed by atoms with Crippen LogP contribution >= 0.6 is 0 Å². The maximum absolute atomic E-state index is 13.4. The number of Topliss-reactive ketones (excluding diaryl/α,β-unsaturated/α-hetero) is 2. The van der Waals surface area contributed by atoms with Crippen molar-refractivity contribution >= 4 is 17.5 Å². The smallest absolute Gasteiger partial charge is 0.333 e. The first-order valence-corrected chi connectivity index (χ1v) is 12.8. The first-order valence-electron chi connectivity index (χ1n) is 12.8. The van der Waals surface area contributed by atoms with Gasteiger partial charge in [-0.3, -0.25) is 9.59 Å². The number of hydrogen-bond acceptors (Lipinski definition) is 4. The molecule has 1 heterocycles. The summed E-state index contributed by atoms with van der Waals surface area (Å²) in [5.74, 6) is 1.02. The summed E-state index contributed by atoms with van der Waals surface area (Å²) >= 11 is 0. The zero-order chi connectivity index (χ0) is 25.1. The van der Waals surface area contributed by atoms with E-state index < -0.39 is 0 Å². The van der Waals surface area contributed by atoms with Crippen LogP contribution in [0.2, 0.25) is 0 Å². The highest BCUT2D eigenvalue weighted by atomic mass is 16.5. The molecule has 0 radical (unpaired) electrons. The summed E-state index contributed by atoms with van der Waals surface area (Å²) in [6.07, 6.45) is 12.5. The number of carbonyl (C=O) groups is 3. The van der Waals surface area contributed by atoms with Crippen molar-refractivity contribution in [3.63, 3.8) is 0 Å². The second-order valence-electron chi connectivity index (χ2n) is 12.2. The van der Waals surface area contributed by atoms with E-state index in [9.17, 15) is 14.4 Å². The van der Waals surface area contributed by atoms with Gasteiger partial charge >= 0.3 is 5.97 Å². The minimum absolute atomic E-state index is 0.0127. The lowest BCUT2D eigenvalue weighted by atomic mass is 9.43. The van der Waals surface area contributed by atoms with Gasteiger partial charge in [-0.05, 0) is 68.4 Å². The van der Waals surface area contributed by atoms with Crippen molar-refractivity contribution in [2.45, 2.75) is 93.1 Å². The Morgan fingerprint density at radius 2 is 1.76 bits per heavy atom. The number of rotatable bonds is 3. The van der Waals surface area contributed by atoms with Crippen molar-refractivity contribution in [1.82, 2.24) is 0 Å². The third-order valence-electron chi connectivity index (χ3n) is 9.85. The van der Waals surface area contributed by atoms with Crippen LogP contribution < -0.4 is 0 Å². The first kappa shape index (κ1) is 24.9. The second kappa shape index (κ2) is 8.46. The van der Waals surface area contributed by atoms with Crippen LogP contribution in [0.15, 0.2) is 46.6 Å². The van der Waals surface area contributed by atoms with E-state index in [0.717, 1.165) is 36.0 Å². The van der Waals surface area contributed by atoms with Crippen LogP contribution in [0.4, 0.5) is 0 Å². The lowest BCUT2D eigenvalue weighted by Crippen LogP contribution is -2.56. The third kappa shape index (κ3) is 3.78. The normalized spacial score (nSPS) is 39.5. The Kier molecular flexibility index (Phi) is 6.19. The van der Waals surface area contributed by atoms with Gasteiger partial charge in [0.2, 0.25) is 0 Å². The topological polar surface area (TPSA) is 60.4 Å². The Hall–Kier alpha value is -2.23. The van der Waals surface area contributed by atoms with Gasteiger partial charge in [0.25, 0.3) is 0 Å². The molecule has 0 N–H and O–H groups in total. The van der Waals surface area contributed by atoms with Gasteiger partial charge < -0.3 is 4.74 Å². The number of allylic oxidation sites excluding steroid dienone is 5. The van der Waals surface area contributed by atoms with E-state index in [1.165, 1.54) is 0 Å². The first-order chi connectivity index (χ1) is 15.8. The maximum Gasteiger partial charge on any atom is 0.333 e. The third-order valence-corrected chi connectivity index (χ3v) is 9.85. The lowest BCUT2D eigenvalue weighted by molar-refractivity contribution is -0.154. The van der Waals surface area contributed by atoms with Crippen LogP contribution in [0.1, 0.15) is 87.0 Å². The molecule has 3 fully saturated rings. The number of hydrogen-bond donors (Lipinski definition) is 0. The van der Waals surface area contributed by atoms with E-state index in [0.29, 0.717) is 36.5 Å². The van der Waals surface area contributed by atoms with Crippen LogP contribution in [0.25, 0.3) is 0 Å². The fourth-order valence-corrected chi connectivity index (χ4v) is 7.84. The predicted octanol–water partition coefficient (Wildman–Crippen LogP) is 6.47. The second-order valence-corrected chi connectivity index (χ2v) is 12.2. The summed E-state index contributed by atoms with van der Waals surface area (Å²) in [6, 6.07) is 0. The summed E-state index contributed by atoms with van der Waals surface area (Å²) in [4.78, 5) is 38.0. The Morgan fingerprint density at radius 3 is 2.44 bits per heavy atom. The Morgan fingerprint density at radius 1 is 1.06 bits per heavy atom. The highest BCUT2D eigenvalue weighted by Gasteiger charge is 2.64. The van der Waals surface area contributed by atoms with Gasteiger partial charge in [-0.2, -0.15) is 0 Å². The largest absolute Gasteiger partial charge is 0.454 e. The van der Waals surface area contributed by atoms with Crippen LogP contribution in [-0.4, -0.2) is 23.6 Å². The minimum atomic E-state index is -0.308. The van der Waals surface area contributed by atoms with E-state index in [1.807, 2.05) is 31.2 Å². The van der Waals surface area contributed by atoms with E-state index in [4.69, 9.17) is 4.74 Å². The summed E-state index contributed by atoms with van der Waals surface area (Å²) in [7, 11) is 0. The number of cyclic esters (lactones) is 1. The quantitative estimate of drug-likeness (QED) is 0.273. The van der Waals surface area contributed by atoms with Gasteiger partial charge in [-0.25, -0.2) is 4.79 Å². The van der Waals surface area contributed by atoms with Crippen LogP contribution in [0.5, 0.6) is 0 Å². The average molecular weight is 465 g/mol. The van der Waals surface area contributed by atoms with Gasteiger partial charge in [0, 0.05) is 41.2 Å². The molecular formula is C30H40O4. The highest BCUT2D eigenvalue weighted by Crippen LogP contribution is 2.68. The average Bonchev–Trinajstić information content (AvgIpc) is 3.04. The molecule has 3 aliphatic carbocycles. The molecule has 0 unspecified atom stereocenters. The van der Waals surface area contributed by atoms with Crippen LogP contribution in [-0.2, 0) is 19.1 Å². The number of ether oxygens (including phenoxy) is 1. The molecular weight excluding hydrogens is 424 g/mol. The van der Waals surface area contributed by atoms with Crippen molar-refractivity contribution < 1.29 is 19.1 Å². The van der Waals surface area contributed by atoms with E-state index in [-0.39, 0.29) is 40.0 Å². The molecule has 4 aliphatic rings. The Labute approximate surface area is 204 Å². The van der Waals surface area contributed by atoms with Gasteiger partial charge in [0.15, 0.2) is 5.78 Å². The minimum Gasteiger partial charge on any atom is -0.454 e. The number of ketones is 2. The van der Waals surface area contributed by atoms with Crippen molar-refractivity contribution in [2.75, 3.05) is 0 Å². The van der Waals surface area contributed by atoms with Gasteiger partial charge in [-0.15, -0.1) is 0 Å². The standard InChI is InChI=1S/C30H40O4/c1-18(22-12-11-20(3)27(33)34-22)9-8-10-19(2)26-21(31)17-24-29(6)16-14-25(32)28(4,5)23(29)13-15-30(24,26)7/h8-11,22-24H,12-17H2,1-7H3/b10-8+,18-9+,26-19+/t22-,23-,24-,29-,30-/m0/s1. The SMILES string of the molecule is CC1=CC[C@@H](/C(C)=C/C=C/C(C)=C2\C(=O)C[C@H]3[C@@]4(C)CCC(=O)C(C)(C)[C@@H]4CC[C@]23C)OC1=O. The van der Waals surface area contributed by atoms with Gasteiger partial charge in [0.05, 0.1) is 0 Å². The molecule has 0 aromatic heterocycles. The molecule has 184 valence electrons. The van der Waals surface area contributed by atoms with Crippen LogP contribution in [0.3, 0.4) is 0 Å². The van der Waals surface area contributed by atoms with Crippen molar-refractivity contribution in [3.05, 3.63) is 46.6 Å². The molecule has 4 rings (SSSR count). The van der Waals surface area contributed by atoms with E-state index in [1.54, 1.807) is 6.92 Å². The molecule has 5 atom stereocenters. The summed E-state index contributed by atoms with van der Waals surface area (Å²) < 4.78 is 5.51. The van der Waals surface area contributed by atoms with E-state index in [2.05, 4.69) is 34.6 Å². The predicted molar refractivity (Wildman–Crippen MR) is 134 cm³/mol. The van der Waals surface area contributed by atoms with Gasteiger partial charge in [0.1, 0.15) is 11.9 Å². The fraction of sp³-hybridized carbons (Fsp3) is 0.633. The van der Waals surface area contributed by atoms with Gasteiger partial charge in [-0.1, -0.05) is 52.0 Å². The monoisotopic (exact) mass is 464 g/mol. The molecule has 0 bridgehead atoms. The molecule has 0 amide bonds. The molecule has 4 nitrogen and oxygen atoms in total. The van der Waals surface area contributed by atoms with Crippen LogP contribution in [0, 0.1) is 28.1 Å². The number of fused-ring (bicyclic) bond motifs is 3. The van der Waals surface area contributed by atoms with Crippen molar-refractivity contribution in [2.24, 2.45) is 28.1 Å². The molecule has 1 aliphatic heterocycles. The van der Waals surface area contributed by atoms with E-state index >= 15 is 0 Å². The highest BCUT2D eigenvalue weighted by molar-refractivity contribution is 6.01. The molecule has 4 heteroatoms. The maximum atomic E-state index is 13.4. The molecule has 0 saturated heterocycles. The molecule has 0 aromatic rings. The summed E-state index contributed by atoms with van der Waals surface area (Å²) in [5, 5.41) is 0. The number of esters is 1. The lowest BCUT2D eigenvalue weighted by Gasteiger charge is -2.60. The molecule has 34 heavy (non-hydrogen) atoms. The van der Waals surface area contributed by atoms with Crippen molar-refractivity contribution in [3.8, 4) is 0 Å². The summed E-state index contributed by atoms with van der Waals surface area (Å²) in [5.41, 5.74) is 3.23. The zero-order valence-corrected chi connectivity index (χ0v) is 21.9. The Balaban J connectivity index is 1.59.